The minimum atomic E-state index is -0.136. The van der Waals surface area contributed by atoms with Crippen molar-refractivity contribution in [2.75, 3.05) is 6.54 Å². The summed E-state index contributed by atoms with van der Waals surface area (Å²) in [6.45, 7) is 6.62. The van der Waals surface area contributed by atoms with Gasteiger partial charge < -0.3 is 9.84 Å². The SMILES string of the molecule is Cc1ccc(CCCNC(=O)c2c(-c3ccccc3)noc2C)c(C)c1. The van der Waals surface area contributed by atoms with E-state index in [2.05, 4.69) is 42.5 Å². The van der Waals surface area contributed by atoms with Crippen LogP contribution in [0.15, 0.2) is 53.1 Å². The van der Waals surface area contributed by atoms with Crippen molar-refractivity contribution < 1.29 is 9.32 Å². The van der Waals surface area contributed by atoms with Gasteiger partial charge in [-0.05, 0) is 44.7 Å². The Labute approximate surface area is 154 Å². The molecule has 4 heteroatoms. The van der Waals surface area contributed by atoms with Crippen LogP contribution in [0.4, 0.5) is 0 Å². The fourth-order valence-electron chi connectivity index (χ4n) is 3.13. The quantitative estimate of drug-likeness (QED) is 0.661. The van der Waals surface area contributed by atoms with Crippen molar-refractivity contribution in [2.45, 2.75) is 33.6 Å². The first-order valence-electron chi connectivity index (χ1n) is 8.92. The number of rotatable bonds is 6. The van der Waals surface area contributed by atoms with Crippen molar-refractivity contribution in [3.05, 3.63) is 76.5 Å². The minimum Gasteiger partial charge on any atom is -0.360 e. The molecule has 0 unspecified atom stereocenters. The number of amides is 1. The van der Waals surface area contributed by atoms with E-state index >= 15 is 0 Å². The van der Waals surface area contributed by atoms with E-state index in [1.165, 1.54) is 16.7 Å². The summed E-state index contributed by atoms with van der Waals surface area (Å²) in [6, 6.07) is 16.1. The molecule has 1 N–H and O–H groups in total. The van der Waals surface area contributed by atoms with Gasteiger partial charge in [-0.2, -0.15) is 0 Å². The monoisotopic (exact) mass is 348 g/mol. The molecule has 1 heterocycles. The minimum absolute atomic E-state index is 0.136. The Balaban J connectivity index is 1.61. The summed E-state index contributed by atoms with van der Waals surface area (Å²) in [7, 11) is 0. The third-order valence-corrected chi connectivity index (χ3v) is 4.54. The maximum absolute atomic E-state index is 12.6. The van der Waals surface area contributed by atoms with Gasteiger partial charge in [0.15, 0.2) is 0 Å². The van der Waals surface area contributed by atoms with E-state index in [-0.39, 0.29) is 5.91 Å². The highest BCUT2D eigenvalue weighted by Crippen LogP contribution is 2.24. The number of benzene rings is 2. The first-order chi connectivity index (χ1) is 12.6. The molecule has 1 aromatic heterocycles. The lowest BCUT2D eigenvalue weighted by Crippen LogP contribution is -2.25. The average molecular weight is 348 g/mol. The van der Waals surface area contributed by atoms with E-state index < -0.39 is 0 Å². The van der Waals surface area contributed by atoms with Crippen LogP contribution in [0.25, 0.3) is 11.3 Å². The number of carbonyl (C=O) groups excluding carboxylic acids is 1. The van der Waals surface area contributed by atoms with Gasteiger partial charge in [0.2, 0.25) is 0 Å². The third-order valence-electron chi connectivity index (χ3n) is 4.54. The second-order valence-corrected chi connectivity index (χ2v) is 6.62. The molecular formula is C22H24N2O2. The number of nitrogens with zero attached hydrogens (tertiary/aromatic N) is 1. The molecule has 3 rings (SSSR count). The molecule has 0 aliphatic rings. The van der Waals surface area contributed by atoms with Crippen LogP contribution in [0, 0.1) is 20.8 Å². The Hall–Kier alpha value is -2.88. The van der Waals surface area contributed by atoms with Crippen molar-refractivity contribution in [1.82, 2.24) is 10.5 Å². The molecule has 2 aromatic carbocycles. The zero-order chi connectivity index (χ0) is 18.5. The molecule has 0 saturated carbocycles. The maximum atomic E-state index is 12.6. The second-order valence-electron chi connectivity index (χ2n) is 6.62. The summed E-state index contributed by atoms with van der Waals surface area (Å²) >= 11 is 0. The zero-order valence-corrected chi connectivity index (χ0v) is 15.5. The fraction of sp³-hybridized carbons (Fsp3) is 0.273. The number of aryl methyl sites for hydroxylation is 4. The molecule has 3 aromatic rings. The molecular weight excluding hydrogens is 324 g/mol. The molecule has 0 aliphatic heterocycles. The van der Waals surface area contributed by atoms with Crippen LogP contribution in [0.3, 0.4) is 0 Å². The standard InChI is InChI=1S/C22H24N2O2/c1-15-11-12-18(16(2)14-15)10-7-13-23-22(25)20-17(3)26-24-21(20)19-8-5-4-6-9-19/h4-6,8-9,11-12,14H,7,10,13H2,1-3H3,(H,23,25). The van der Waals surface area contributed by atoms with Gasteiger partial charge >= 0.3 is 0 Å². The number of hydrogen-bond donors (Lipinski definition) is 1. The van der Waals surface area contributed by atoms with Crippen LogP contribution < -0.4 is 5.32 Å². The predicted molar refractivity (Wildman–Crippen MR) is 103 cm³/mol. The van der Waals surface area contributed by atoms with E-state index in [0.717, 1.165) is 18.4 Å². The zero-order valence-electron chi connectivity index (χ0n) is 15.5. The second kappa shape index (κ2) is 8.00. The van der Waals surface area contributed by atoms with Gasteiger partial charge in [-0.15, -0.1) is 0 Å². The van der Waals surface area contributed by atoms with Gasteiger partial charge in [0, 0.05) is 12.1 Å². The maximum Gasteiger partial charge on any atom is 0.257 e. The largest absolute Gasteiger partial charge is 0.360 e. The van der Waals surface area contributed by atoms with Crippen LogP contribution in [-0.2, 0) is 6.42 Å². The highest BCUT2D eigenvalue weighted by Gasteiger charge is 2.21. The molecule has 1 amide bonds. The number of nitrogens with one attached hydrogen (secondary N) is 1. The third kappa shape index (κ3) is 4.02. The van der Waals surface area contributed by atoms with Gasteiger partial charge in [-0.25, -0.2) is 0 Å². The van der Waals surface area contributed by atoms with Gasteiger partial charge in [0.05, 0.1) is 0 Å². The van der Waals surface area contributed by atoms with Crippen molar-refractivity contribution in [3.63, 3.8) is 0 Å². The van der Waals surface area contributed by atoms with Crippen LogP contribution in [0.5, 0.6) is 0 Å². The van der Waals surface area contributed by atoms with E-state index in [4.69, 9.17) is 4.52 Å². The molecule has 0 spiro atoms. The molecule has 0 saturated heterocycles. The molecule has 26 heavy (non-hydrogen) atoms. The Morgan fingerprint density at radius 1 is 1.08 bits per heavy atom. The first-order valence-corrected chi connectivity index (χ1v) is 8.92. The first kappa shape index (κ1) is 17.9. The fourth-order valence-corrected chi connectivity index (χ4v) is 3.13. The summed E-state index contributed by atoms with van der Waals surface area (Å²) in [5.74, 6) is 0.402. The van der Waals surface area contributed by atoms with E-state index in [1.807, 2.05) is 30.3 Å². The summed E-state index contributed by atoms with van der Waals surface area (Å²) in [5, 5.41) is 7.07. The lowest BCUT2D eigenvalue weighted by Gasteiger charge is -2.08. The Morgan fingerprint density at radius 2 is 1.85 bits per heavy atom. The average Bonchev–Trinajstić information content (AvgIpc) is 3.02. The van der Waals surface area contributed by atoms with Crippen molar-refractivity contribution in [2.24, 2.45) is 0 Å². The van der Waals surface area contributed by atoms with Crippen molar-refractivity contribution >= 4 is 5.91 Å². The lowest BCUT2D eigenvalue weighted by molar-refractivity contribution is 0.0952. The van der Waals surface area contributed by atoms with Crippen LogP contribution in [0.1, 0.15) is 39.2 Å². The van der Waals surface area contributed by atoms with E-state index in [9.17, 15) is 4.79 Å². The highest BCUT2D eigenvalue weighted by atomic mass is 16.5. The van der Waals surface area contributed by atoms with Crippen LogP contribution >= 0.6 is 0 Å². The molecule has 0 radical (unpaired) electrons. The summed E-state index contributed by atoms with van der Waals surface area (Å²) in [4.78, 5) is 12.6. The van der Waals surface area contributed by atoms with Gasteiger partial charge in [-0.3, -0.25) is 4.79 Å². The van der Waals surface area contributed by atoms with Gasteiger partial charge in [0.25, 0.3) is 5.91 Å². The topological polar surface area (TPSA) is 55.1 Å². The molecule has 0 aliphatic carbocycles. The van der Waals surface area contributed by atoms with Crippen molar-refractivity contribution in [3.8, 4) is 11.3 Å². The van der Waals surface area contributed by atoms with Gasteiger partial charge in [-0.1, -0.05) is 59.3 Å². The molecule has 0 bridgehead atoms. The molecule has 4 nitrogen and oxygen atoms in total. The van der Waals surface area contributed by atoms with E-state index in [1.54, 1.807) is 6.92 Å². The van der Waals surface area contributed by atoms with Crippen LogP contribution in [-0.4, -0.2) is 17.6 Å². The lowest BCUT2D eigenvalue weighted by atomic mass is 10.0. The Bertz CT molecular complexity index is 898. The Morgan fingerprint density at radius 3 is 2.58 bits per heavy atom. The predicted octanol–water partition coefficient (Wildman–Crippen LogP) is 4.63. The number of aromatic nitrogens is 1. The smallest absolute Gasteiger partial charge is 0.257 e. The van der Waals surface area contributed by atoms with Crippen molar-refractivity contribution in [1.29, 1.82) is 0 Å². The number of carbonyl (C=O) groups is 1. The molecule has 0 atom stereocenters. The highest BCUT2D eigenvalue weighted by molar-refractivity contribution is 6.00. The van der Waals surface area contributed by atoms with Gasteiger partial charge in [0.1, 0.15) is 17.0 Å². The molecule has 134 valence electrons. The number of hydrogen-bond acceptors (Lipinski definition) is 3. The molecule has 0 fully saturated rings. The Kier molecular flexibility index (Phi) is 5.52. The summed E-state index contributed by atoms with van der Waals surface area (Å²) < 4.78 is 5.26. The normalized spacial score (nSPS) is 10.7. The summed E-state index contributed by atoms with van der Waals surface area (Å²) in [6.07, 6.45) is 1.83. The summed E-state index contributed by atoms with van der Waals surface area (Å²) in [5.41, 5.74) is 5.90. The van der Waals surface area contributed by atoms with Crippen LogP contribution in [0.2, 0.25) is 0 Å². The van der Waals surface area contributed by atoms with E-state index in [0.29, 0.717) is 23.6 Å².